The molecule has 0 spiro atoms. The van der Waals surface area contributed by atoms with Gasteiger partial charge in [0, 0.05) is 87.0 Å². The molecule has 0 aliphatic carbocycles. The van der Waals surface area contributed by atoms with E-state index in [-0.39, 0.29) is 61.0 Å². The molecule has 1 unspecified atom stereocenters. The van der Waals surface area contributed by atoms with Crippen LogP contribution in [-0.4, -0.2) is 83.8 Å². The Morgan fingerprint density at radius 2 is 1.85 bits per heavy atom. The van der Waals surface area contributed by atoms with E-state index in [4.69, 9.17) is 0 Å². The molecule has 3 aliphatic heterocycles. The zero-order chi connectivity index (χ0) is 37.2. The minimum absolute atomic E-state index is 0.0443. The van der Waals surface area contributed by atoms with Crippen LogP contribution in [0.3, 0.4) is 0 Å². The van der Waals surface area contributed by atoms with E-state index in [1.807, 2.05) is 17.6 Å². The maximum Gasteiger partial charge on any atom is 0.269 e. The molecule has 1 aromatic carbocycles. The smallest absolute Gasteiger partial charge is 0.269 e. The molecule has 3 aromatic heterocycles. The van der Waals surface area contributed by atoms with E-state index in [0.29, 0.717) is 66.1 Å². The Morgan fingerprint density at radius 1 is 1.00 bits per heavy atom. The number of benzene rings is 1. The summed E-state index contributed by atoms with van der Waals surface area (Å²) >= 11 is 0. The first-order valence-corrected chi connectivity index (χ1v) is 17.5. The molecule has 0 bridgehead atoms. The Morgan fingerprint density at radius 3 is 2.57 bits per heavy atom. The summed E-state index contributed by atoms with van der Waals surface area (Å²) in [6.45, 7) is 5.53. The van der Waals surface area contributed by atoms with Gasteiger partial charge >= 0.3 is 0 Å². The Kier molecular flexibility index (Phi) is 9.64. The van der Waals surface area contributed by atoms with Crippen LogP contribution in [-0.2, 0) is 40.4 Å². The molecule has 3 aliphatic rings. The third-order valence-electron chi connectivity index (χ3n) is 9.72. The lowest BCUT2D eigenvalue weighted by molar-refractivity contribution is -0.137. The van der Waals surface area contributed by atoms with Crippen LogP contribution in [0.2, 0.25) is 0 Å². The van der Waals surface area contributed by atoms with Crippen LogP contribution in [0.25, 0.3) is 11.3 Å². The molecule has 7 rings (SSSR count). The Balaban J connectivity index is 0.938. The van der Waals surface area contributed by atoms with Crippen molar-refractivity contribution in [1.29, 1.82) is 0 Å². The van der Waals surface area contributed by atoms with Gasteiger partial charge in [0.25, 0.3) is 11.8 Å². The molecular formula is C39H36N8O6. The van der Waals surface area contributed by atoms with Crippen molar-refractivity contribution < 1.29 is 28.8 Å². The van der Waals surface area contributed by atoms with Crippen molar-refractivity contribution in [1.82, 2.24) is 40.0 Å². The quantitative estimate of drug-likeness (QED) is 0.120. The van der Waals surface area contributed by atoms with E-state index in [9.17, 15) is 28.8 Å². The third-order valence-corrected chi connectivity index (χ3v) is 9.72. The number of aromatic nitrogens is 4. The van der Waals surface area contributed by atoms with Gasteiger partial charge in [-0.3, -0.25) is 44.1 Å². The number of pyridine rings is 2. The molecule has 0 saturated carbocycles. The van der Waals surface area contributed by atoms with Crippen molar-refractivity contribution >= 4 is 35.3 Å². The van der Waals surface area contributed by atoms with Crippen LogP contribution in [0, 0.1) is 11.8 Å². The lowest BCUT2D eigenvalue weighted by atomic mass is 10.0. The van der Waals surface area contributed by atoms with E-state index < -0.39 is 11.9 Å². The molecule has 1 atom stereocenters. The van der Waals surface area contributed by atoms with Crippen molar-refractivity contribution in [2.24, 2.45) is 0 Å². The van der Waals surface area contributed by atoms with Gasteiger partial charge < -0.3 is 19.7 Å². The van der Waals surface area contributed by atoms with Gasteiger partial charge in [0.1, 0.15) is 23.3 Å². The van der Waals surface area contributed by atoms with Crippen LogP contribution in [0.15, 0.2) is 54.9 Å². The van der Waals surface area contributed by atoms with Crippen molar-refractivity contribution in [2.75, 3.05) is 13.1 Å². The fraction of sp³-hybridized carbons (Fsp3) is 0.308. The summed E-state index contributed by atoms with van der Waals surface area (Å²) in [5.41, 5.74) is 4.82. The molecule has 1 saturated heterocycles. The maximum absolute atomic E-state index is 13.5. The highest BCUT2D eigenvalue weighted by Crippen LogP contribution is 2.30. The number of aryl methyl sites for hydroxylation is 1. The number of hydrogen-bond donors (Lipinski definition) is 2. The van der Waals surface area contributed by atoms with Crippen LogP contribution in [0.5, 0.6) is 0 Å². The highest BCUT2D eigenvalue weighted by atomic mass is 16.2. The number of fused-ring (bicyclic) bond motifs is 2. The second-order valence-corrected chi connectivity index (χ2v) is 13.0. The molecule has 14 nitrogen and oxygen atoms in total. The van der Waals surface area contributed by atoms with Gasteiger partial charge in [0.05, 0.1) is 17.9 Å². The van der Waals surface area contributed by atoms with Gasteiger partial charge in [-0.1, -0.05) is 24.8 Å². The predicted octanol–water partition coefficient (Wildman–Crippen LogP) is 2.43. The first-order valence-electron chi connectivity index (χ1n) is 17.5. The molecule has 1 fully saturated rings. The van der Waals surface area contributed by atoms with Gasteiger partial charge in [-0.05, 0) is 48.4 Å². The van der Waals surface area contributed by atoms with Crippen LogP contribution >= 0.6 is 0 Å². The average Bonchev–Trinajstić information content (AvgIpc) is 3.71. The SMILES string of the molecule is CCc1nc(C(=O)c2ccc(-c3ccc(C(=O)NCCC#Cc4cccc5c4CN(C4CCC(=O)NC4=O)C5=O)nc3)nc2)c2n1CCN(C(C)=O)C2. The molecule has 53 heavy (non-hydrogen) atoms. The van der Waals surface area contributed by atoms with E-state index >= 15 is 0 Å². The number of nitrogens with one attached hydrogen (secondary N) is 2. The van der Waals surface area contributed by atoms with E-state index in [2.05, 4.69) is 37.4 Å². The molecule has 5 amide bonds. The van der Waals surface area contributed by atoms with Crippen LogP contribution in [0.4, 0.5) is 0 Å². The largest absolute Gasteiger partial charge is 0.350 e. The van der Waals surface area contributed by atoms with Crippen molar-refractivity contribution in [3.05, 3.63) is 100 Å². The summed E-state index contributed by atoms with van der Waals surface area (Å²) in [6, 6.07) is 11.3. The topological polar surface area (TPSA) is 177 Å². The fourth-order valence-corrected chi connectivity index (χ4v) is 6.87. The number of piperidine rings is 1. The number of imidazole rings is 1. The van der Waals surface area contributed by atoms with Crippen LogP contribution < -0.4 is 10.6 Å². The first kappa shape index (κ1) is 34.9. The van der Waals surface area contributed by atoms with Crippen molar-refractivity contribution in [2.45, 2.75) is 65.2 Å². The normalized spacial score (nSPS) is 16.3. The summed E-state index contributed by atoms with van der Waals surface area (Å²) in [6.07, 6.45) is 4.53. The summed E-state index contributed by atoms with van der Waals surface area (Å²) < 4.78 is 2.03. The number of rotatable bonds is 8. The van der Waals surface area contributed by atoms with Gasteiger partial charge in [0.15, 0.2) is 0 Å². The van der Waals surface area contributed by atoms with Crippen LogP contribution in [0.1, 0.15) is 92.7 Å². The van der Waals surface area contributed by atoms with Gasteiger partial charge in [-0.25, -0.2) is 4.98 Å². The number of imide groups is 1. The fourth-order valence-electron chi connectivity index (χ4n) is 6.87. The number of nitrogens with zero attached hydrogens (tertiary/aromatic N) is 6. The lowest BCUT2D eigenvalue weighted by Gasteiger charge is -2.29. The van der Waals surface area contributed by atoms with E-state index in [1.165, 1.54) is 18.0 Å². The minimum Gasteiger partial charge on any atom is -0.350 e. The molecule has 14 heteroatoms. The molecule has 268 valence electrons. The zero-order valence-electron chi connectivity index (χ0n) is 29.3. The number of amides is 5. The number of carbonyl (C=O) groups excluding carboxylic acids is 6. The predicted molar refractivity (Wildman–Crippen MR) is 190 cm³/mol. The Hall–Kier alpha value is -6.49. The molecule has 2 N–H and O–H groups in total. The average molecular weight is 713 g/mol. The van der Waals surface area contributed by atoms with E-state index in [1.54, 1.807) is 47.5 Å². The first-order chi connectivity index (χ1) is 25.6. The Labute approximate surface area is 305 Å². The zero-order valence-corrected chi connectivity index (χ0v) is 29.3. The third kappa shape index (κ3) is 6.93. The summed E-state index contributed by atoms with van der Waals surface area (Å²) in [4.78, 5) is 91.9. The highest BCUT2D eigenvalue weighted by Gasteiger charge is 2.39. The van der Waals surface area contributed by atoms with Gasteiger partial charge in [-0.2, -0.15) is 0 Å². The van der Waals surface area contributed by atoms with E-state index in [0.717, 1.165) is 17.1 Å². The second kappa shape index (κ2) is 14.6. The highest BCUT2D eigenvalue weighted by molar-refractivity contribution is 6.08. The van der Waals surface area contributed by atoms with Crippen molar-refractivity contribution in [3.8, 4) is 23.1 Å². The maximum atomic E-state index is 13.5. The standard InChI is InChI=1S/C39H36N8O6/c1-3-33-43-35(32-22-45(23(2)48)17-18-46(32)33)36(50)26-11-12-29(41-20-26)25-10-13-30(42-19-25)37(51)40-16-5-4-7-24-8-6-9-27-28(24)21-47(39(27)53)31-14-15-34(49)44-38(31)52/h6,8-13,19-20,31H,3,5,14-18,21-22H2,1-2H3,(H,40,51)(H,44,49,52). The second-order valence-electron chi connectivity index (χ2n) is 13.0. The lowest BCUT2D eigenvalue weighted by Crippen LogP contribution is -2.52. The molecule has 0 radical (unpaired) electrons. The Bertz CT molecular complexity index is 2230. The summed E-state index contributed by atoms with van der Waals surface area (Å²) in [5, 5.41) is 5.12. The number of hydrogen-bond acceptors (Lipinski definition) is 9. The summed E-state index contributed by atoms with van der Waals surface area (Å²) in [7, 11) is 0. The minimum atomic E-state index is -0.699. The van der Waals surface area contributed by atoms with Gasteiger partial charge in [0.2, 0.25) is 23.5 Å². The molecular weight excluding hydrogens is 676 g/mol. The summed E-state index contributed by atoms with van der Waals surface area (Å²) in [5.74, 6) is 5.23. The molecule has 4 aromatic rings. The molecule has 6 heterocycles. The van der Waals surface area contributed by atoms with Crippen molar-refractivity contribution in [3.63, 3.8) is 0 Å². The number of ketones is 1. The number of carbonyl (C=O) groups is 6. The monoisotopic (exact) mass is 712 g/mol. The van der Waals surface area contributed by atoms with Gasteiger partial charge in [-0.15, -0.1) is 0 Å².